The number of allylic oxidation sites excluding steroid dienone is 2. The van der Waals surface area contributed by atoms with Crippen molar-refractivity contribution in [2.75, 3.05) is 4.90 Å². The number of hydrogen-bond donors (Lipinski definition) is 0. The van der Waals surface area contributed by atoms with Crippen molar-refractivity contribution in [3.8, 4) is 0 Å². The Balaban J connectivity index is 1.84. The van der Waals surface area contributed by atoms with Crippen molar-refractivity contribution in [3.05, 3.63) is 63.5 Å². The molecule has 0 radical (unpaired) electrons. The molecule has 1 atom stereocenters. The molecule has 1 amide bonds. The van der Waals surface area contributed by atoms with Gasteiger partial charge in [0.2, 0.25) is 5.91 Å². The lowest BCUT2D eigenvalue weighted by Crippen LogP contribution is -2.43. The van der Waals surface area contributed by atoms with Crippen molar-refractivity contribution < 1.29 is 22.8 Å². The van der Waals surface area contributed by atoms with Crippen LogP contribution in [0.15, 0.2) is 53.0 Å². The van der Waals surface area contributed by atoms with Crippen LogP contribution in [0.1, 0.15) is 49.5 Å². The molecule has 1 aliphatic heterocycles. The summed E-state index contributed by atoms with van der Waals surface area (Å²) in [7, 11) is 0. The third-order valence-corrected chi connectivity index (χ3v) is 6.47. The molecular weight excluding hydrogens is 399 g/mol. The van der Waals surface area contributed by atoms with Gasteiger partial charge in [-0.2, -0.15) is 13.2 Å². The molecule has 2 aliphatic rings. The van der Waals surface area contributed by atoms with Gasteiger partial charge in [-0.15, -0.1) is 11.3 Å². The number of amides is 1. The Bertz CT molecular complexity index is 988. The van der Waals surface area contributed by atoms with Crippen molar-refractivity contribution >= 4 is 28.7 Å². The van der Waals surface area contributed by atoms with Crippen LogP contribution in [0.2, 0.25) is 0 Å². The molecule has 1 aromatic heterocycles. The van der Waals surface area contributed by atoms with Gasteiger partial charge >= 0.3 is 6.18 Å². The first-order valence-electron chi connectivity index (χ1n) is 9.37. The summed E-state index contributed by atoms with van der Waals surface area (Å²) < 4.78 is 38.8. The summed E-state index contributed by atoms with van der Waals surface area (Å²) in [6, 6.07) is 8.39. The van der Waals surface area contributed by atoms with E-state index in [1.807, 2.05) is 31.4 Å². The van der Waals surface area contributed by atoms with Gasteiger partial charge in [-0.3, -0.25) is 14.5 Å². The molecule has 0 bridgehead atoms. The second kappa shape index (κ2) is 6.83. The van der Waals surface area contributed by atoms with Crippen LogP contribution in [-0.4, -0.2) is 11.7 Å². The fraction of sp³-hybridized carbons (Fsp3) is 0.364. The summed E-state index contributed by atoms with van der Waals surface area (Å²) in [5.41, 5.74) is 0.534. The average Bonchev–Trinajstić information content (AvgIpc) is 3.13. The lowest BCUT2D eigenvalue weighted by molar-refractivity contribution is -0.137. The molecule has 4 rings (SSSR count). The lowest BCUT2D eigenvalue weighted by atomic mass is 9.70. The van der Waals surface area contributed by atoms with E-state index in [2.05, 4.69) is 0 Å². The molecule has 2 heterocycles. The molecular formula is C22H20F3NO2S. The molecule has 0 spiro atoms. The summed E-state index contributed by atoms with van der Waals surface area (Å²) >= 11 is 1.51. The van der Waals surface area contributed by atoms with Crippen LogP contribution in [0.4, 0.5) is 18.9 Å². The minimum Gasteiger partial charge on any atom is -0.294 e. The second-order valence-electron chi connectivity index (χ2n) is 8.35. The molecule has 0 unspecified atom stereocenters. The number of benzene rings is 1. The fourth-order valence-corrected chi connectivity index (χ4v) is 5.08. The number of nitrogens with zero attached hydrogens (tertiary/aromatic N) is 1. The molecule has 0 N–H and O–H groups in total. The largest absolute Gasteiger partial charge is 0.416 e. The van der Waals surface area contributed by atoms with E-state index in [-0.39, 0.29) is 29.4 Å². The number of halogens is 3. The Morgan fingerprint density at radius 3 is 2.34 bits per heavy atom. The van der Waals surface area contributed by atoms with E-state index in [1.54, 1.807) is 0 Å². The maximum atomic E-state index is 13.1. The number of rotatable bonds is 2. The molecule has 0 fully saturated rings. The van der Waals surface area contributed by atoms with Crippen molar-refractivity contribution in [2.45, 2.75) is 45.2 Å². The van der Waals surface area contributed by atoms with Crippen LogP contribution < -0.4 is 4.90 Å². The smallest absolute Gasteiger partial charge is 0.294 e. The van der Waals surface area contributed by atoms with Crippen LogP contribution in [0.5, 0.6) is 0 Å². The molecule has 2 aromatic rings. The van der Waals surface area contributed by atoms with Crippen molar-refractivity contribution in [3.63, 3.8) is 0 Å². The Morgan fingerprint density at radius 2 is 1.76 bits per heavy atom. The number of hydrogen-bond acceptors (Lipinski definition) is 3. The van der Waals surface area contributed by atoms with E-state index in [0.717, 1.165) is 17.0 Å². The van der Waals surface area contributed by atoms with Crippen LogP contribution in [0, 0.1) is 5.41 Å². The number of carbonyl (C=O) groups excluding carboxylic acids is 2. The van der Waals surface area contributed by atoms with E-state index < -0.39 is 11.7 Å². The van der Waals surface area contributed by atoms with Gasteiger partial charge in [0.15, 0.2) is 5.78 Å². The minimum absolute atomic E-state index is 0.0130. The summed E-state index contributed by atoms with van der Waals surface area (Å²) in [6.45, 7) is 3.94. The molecule has 0 saturated carbocycles. The molecule has 7 heteroatoms. The number of carbonyl (C=O) groups is 2. The zero-order valence-corrected chi connectivity index (χ0v) is 16.9. The second-order valence-corrected chi connectivity index (χ2v) is 9.33. The normalized spacial score (nSPS) is 22.1. The van der Waals surface area contributed by atoms with E-state index in [0.29, 0.717) is 29.8 Å². The van der Waals surface area contributed by atoms with Crippen molar-refractivity contribution in [1.29, 1.82) is 0 Å². The van der Waals surface area contributed by atoms with Gasteiger partial charge in [0.05, 0.1) is 5.56 Å². The molecule has 0 saturated heterocycles. The van der Waals surface area contributed by atoms with E-state index >= 15 is 0 Å². The Labute approximate surface area is 170 Å². The third-order valence-electron chi connectivity index (χ3n) is 5.48. The van der Waals surface area contributed by atoms with E-state index in [4.69, 9.17) is 0 Å². The summed E-state index contributed by atoms with van der Waals surface area (Å²) in [5.74, 6) is -0.474. The predicted octanol–water partition coefficient (Wildman–Crippen LogP) is 5.93. The first kappa shape index (κ1) is 19.9. The highest BCUT2D eigenvalue weighted by Crippen LogP contribution is 2.49. The Kier molecular flexibility index (Phi) is 4.69. The first-order chi connectivity index (χ1) is 13.6. The molecule has 29 heavy (non-hydrogen) atoms. The SMILES string of the molecule is CC1(C)CC(=O)C2=C(C1)N(c1ccc(C(F)(F)F)cc1)C(=O)C[C@H]2c1cccs1. The number of anilines is 1. The Morgan fingerprint density at radius 1 is 1.07 bits per heavy atom. The van der Waals surface area contributed by atoms with Crippen LogP contribution >= 0.6 is 11.3 Å². The van der Waals surface area contributed by atoms with E-state index in [9.17, 15) is 22.8 Å². The highest BCUT2D eigenvalue weighted by Gasteiger charge is 2.44. The molecule has 1 aliphatic carbocycles. The van der Waals surface area contributed by atoms with Gasteiger partial charge in [-0.05, 0) is 47.5 Å². The Hall–Kier alpha value is -2.41. The van der Waals surface area contributed by atoms with Crippen molar-refractivity contribution in [1.82, 2.24) is 0 Å². The maximum absolute atomic E-state index is 13.1. The standard InChI is InChI=1S/C22H20F3NO2S/c1-21(2)11-16-20(17(27)12-21)15(18-4-3-9-29-18)10-19(28)26(16)14-7-5-13(6-8-14)22(23,24)25/h3-9,15H,10-12H2,1-2H3/t15-/m0/s1. The first-order valence-corrected chi connectivity index (χ1v) is 10.2. The summed E-state index contributed by atoms with van der Waals surface area (Å²) in [6.07, 6.45) is -3.40. The van der Waals surface area contributed by atoms with Crippen LogP contribution in [-0.2, 0) is 15.8 Å². The van der Waals surface area contributed by atoms with Crippen LogP contribution in [0.3, 0.4) is 0 Å². The number of thiophene rings is 1. The van der Waals surface area contributed by atoms with Gasteiger partial charge in [0.25, 0.3) is 0 Å². The lowest BCUT2D eigenvalue weighted by Gasteiger charge is -2.42. The van der Waals surface area contributed by atoms with E-state index in [1.165, 1.54) is 28.4 Å². The van der Waals surface area contributed by atoms with Gasteiger partial charge in [0, 0.05) is 40.6 Å². The highest BCUT2D eigenvalue weighted by molar-refractivity contribution is 7.10. The highest BCUT2D eigenvalue weighted by atomic mass is 32.1. The fourth-order valence-electron chi connectivity index (χ4n) is 4.25. The molecule has 152 valence electrons. The number of ketones is 1. The van der Waals surface area contributed by atoms with Crippen molar-refractivity contribution in [2.24, 2.45) is 5.41 Å². The third kappa shape index (κ3) is 3.64. The monoisotopic (exact) mass is 419 g/mol. The summed E-state index contributed by atoms with van der Waals surface area (Å²) in [5, 5.41) is 1.92. The summed E-state index contributed by atoms with van der Waals surface area (Å²) in [4.78, 5) is 28.6. The van der Waals surface area contributed by atoms with Gasteiger partial charge in [-0.25, -0.2) is 0 Å². The molecule has 3 nitrogen and oxygen atoms in total. The zero-order chi connectivity index (χ0) is 21.0. The van der Waals surface area contributed by atoms with Crippen LogP contribution in [0.25, 0.3) is 0 Å². The molecule has 1 aromatic carbocycles. The quantitative estimate of drug-likeness (QED) is 0.605. The topological polar surface area (TPSA) is 37.4 Å². The van der Waals surface area contributed by atoms with Gasteiger partial charge in [-0.1, -0.05) is 19.9 Å². The van der Waals surface area contributed by atoms with Gasteiger partial charge in [0.1, 0.15) is 0 Å². The maximum Gasteiger partial charge on any atom is 0.416 e. The number of alkyl halides is 3. The minimum atomic E-state index is -4.44. The predicted molar refractivity (Wildman–Crippen MR) is 106 cm³/mol. The van der Waals surface area contributed by atoms with Gasteiger partial charge < -0.3 is 0 Å². The average molecular weight is 419 g/mol. The zero-order valence-electron chi connectivity index (χ0n) is 16.0. The number of Topliss-reactive ketones (excluding diaryl/α,β-unsaturated/α-hetero) is 1.